The van der Waals surface area contributed by atoms with Crippen LogP contribution in [-0.4, -0.2) is 46.9 Å². The Labute approximate surface area is 128 Å². The Hall–Kier alpha value is -1.95. The minimum absolute atomic E-state index is 0.00439. The van der Waals surface area contributed by atoms with Crippen LogP contribution < -0.4 is 5.56 Å². The van der Waals surface area contributed by atoms with Gasteiger partial charge in [-0.1, -0.05) is 0 Å². The highest BCUT2D eigenvalue weighted by molar-refractivity contribution is 6.01. The van der Waals surface area contributed by atoms with Crippen LogP contribution in [0.4, 0.5) is 0 Å². The van der Waals surface area contributed by atoms with Gasteiger partial charge in [0, 0.05) is 30.8 Å². The van der Waals surface area contributed by atoms with E-state index in [2.05, 4.69) is 4.98 Å². The zero-order valence-corrected chi connectivity index (χ0v) is 12.8. The molecule has 2 aliphatic rings. The van der Waals surface area contributed by atoms with Crippen LogP contribution in [0.3, 0.4) is 0 Å². The summed E-state index contributed by atoms with van der Waals surface area (Å²) in [6.07, 6.45) is 1.76. The molecule has 0 radical (unpaired) electrons. The van der Waals surface area contributed by atoms with Gasteiger partial charge in [0.05, 0.1) is 12.2 Å². The number of carbonyl (C=O) groups excluding carboxylic acids is 2. The number of nitrogens with one attached hydrogen (secondary N) is 1. The van der Waals surface area contributed by atoms with Crippen molar-refractivity contribution >= 4 is 11.7 Å². The summed E-state index contributed by atoms with van der Waals surface area (Å²) < 4.78 is 5.61. The van der Waals surface area contributed by atoms with Gasteiger partial charge in [-0.05, 0) is 32.8 Å². The number of ether oxygens (including phenoxy) is 1. The molecule has 3 rings (SSSR count). The topological polar surface area (TPSA) is 79.5 Å². The van der Waals surface area contributed by atoms with E-state index in [0.29, 0.717) is 37.2 Å². The molecule has 6 heteroatoms. The third kappa shape index (κ3) is 2.70. The average Bonchev–Trinajstić information content (AvgIpc) is 2.45. The summed E-state index contributed by atoms with van der Waals surface area (Å²) in [5.74, 6) is -0.334. The van der Waals surface area contributed by atoms with Gasteiger partial charge in [0.15, 0.2) is 5.78 Å². The Morgan fingerprint density at radius 3 is 2.59 bits per heavy atom. The number of hydrogen-bond acceptors (Lipinski definition) is 4. The van der Waals surface area contributed by atoms with Crippen LogP contribution in [0.2, 0.25) is 0 Å². The molecule has 1 aliphatic heterocycles. The number of aromatic nitrogens is 1. The predicted octanol–water partition coefficient (Wildman–Crippen LogP) is 1.14. The summed E-state index contributed by atoms with van der Waals surface area (Å²) in [5, 5.41) is 0. The van der Waals surface area contributed by atoms with E-state index in [1.807, 2.05) is 13.8 Å². The van der Waals surface area contributed by atoms with E-state index in [1.165, 1.54) is 6.07 Å². The number of Topliss-reactive ketones (excluding diaryl/α,β-unsaturated/α-hetero) is 1. The van der Waals surface area contributed by atoms with Crippen molar-refractivity contribution in [3.8, 4) is 0 Å². The minimum Gasteiger partial charge on any atom is -0.372 e. The second-order valence-electron chi connectivity index (χ2n) is 6.15. The monoisotopic (exact) mass is 304 g/mol. The van der Waals surface area contributed by atoms with Gasteiger partial charge in [0.1, 0.15) is 5.56 Å². The maximum atomic E-state index is 12.6. The molecule has 0 bridgehead atoms. The van der Waals surface area contributed by atoms with Gasteiger partial charge in [-0.2, -0.15) is 0 Å². The number of pyridine rings is 1. The molecule has 6 nitrogen and oxygen atoms in total. The second-order valence-corrected chi connectivity index (χ2v) is 6.15. The number of aryl methyl sites for hydroxylation is 1. The molecule has 1 aromatic heterocycles. The first-order valence-corrected chi connectivity index (χ1v) is 7.70. The number of ketones is 1. The van der Waals surface area contributed by atoms with Crippen LogP contribution in [0.15, 0.2) is 10.9 Å². The van der Waals surface area contributed by atoms with Crippen molar-refractivity contribution in [2.75, 3.05) is 13.1 Å². The van der Waals surface area contributed by atoms with E-state index in [-0.39, 0.29) is 29.5 Å². The van der Waals surface area contributed by atoms with Gasteiger partial charge in [-0.15, -0.1) is 0 Å². The Morgan fingerprint density at radius 2 is 1.91 bits per heavy atom. The van der Waals surface area contributed by atoms with E-state index >= 15 is 0 Å². The number of rotatable bonds is 1. The largest absolute Gasteiger partial charge is 0.372 e. The molecule has 1 N–H and O–H groups in total. The molecule has 2 heterocycles. The van der Waals surface area contributed by atoms with Crippen LogP contribution in [0.25, 0.3) is 0 Å². The molecule has 2 atom stereocenters. The molecule has 1 fully saturated rings. The fourth-order valence-corrected chi connectivity index (χ4v) is 3.25. The van der Waals surface area contributed by atoms with Crippen LogP contribution in [0.5, 0.6) is 0 Å². The molecular formula is C16H20N2O4. The normalized spacial score (nSPS) is 25.0. The number of carbonyl (C=O) groups is 2. The standard InChI is InChI=1S/C16H20N2O4/c1-9-7-18(8-10(2)22-9)16(21)12-6-11-13(17-15(12)20)4-3-5-14(11)19/h6,9-10H,3-5,7-8H2,1-2H3,(H,17,20). The first-order valence-electron chi connectivity index (χ1n) is 7.70. The third-order valence-corrected chi connectivity index (χ3v) is 4.19. The van der Waals surface area contributed by atoms with Gasteiger partial charge in [0.2, 0.25) is 0 Å². The molecule has 22 heavy (non-hydrogen) atoms. The van der Waals surface area contributed by atoms with Gasteiger partial charge < -0.3 is 14.6 Å². The smallest absolute Gasteiger partial charge is 0.261 e. The summed E-state index contributed by atoms with van der Waals surface area (Å²) in [4.78, 5) is 41.2. The Bertz CT molecular complexity index is 669. The van der Waals surface area contributed by atoms with E-state index in [0.717, 1.165) is 6.42 Å². The number of nitrogens with zero attached hydrogens (tertiary/aromatic N) is 1. The number of hydrogen-bond donors (Lipinski definition) is 1. The number of morpholine rings is 1. The van der Waals surface area contributed by atoms with E-state index in [1.54, 1.807) is 4.90 Å². The Morgan fingerprint density at radius 1 is 1.23 bits per heavy atom. The first-order chi connectivity index (χ1) is 10.5. The number of H-pyrrole nitrogens is 1. The fraction of sp³-hybridized carbons (Fsp3) is 0.562. The summed E-state index contributed by atoms with van der Waals surface area (Å²) in [7, 11) is 0. The van der Waals surface area contributed by atoms with Crippen molar-refractivity contribution in [2.45, 2.75) is 45.3 Å². The number of fused-ring (bicyclic) bond motifs is 1. The molecule has 1 aliphatic carbocycles. The molecular weight excluding hydrogens is 284 g/mol. The highest BCUT2D eigenvalue weighted by Gasteiger charge is 2.29. The average molecular weight is 304 g/mol. The number of amides is 1. The quantitative estimate of drug-likeness (QED) is 0.844. The zero-order chi connectivity index (χ0) is 15.9. The highest BCUT2D eigenvalue weighted by Crippen LogP contribution is 2.20. The first kappa shape index (κ1) is 15.0. The van der Waals surface area contributed by atoms with Crippen LogP contribution in [-0.2, 0) is 11.2 Å². The lowest BCUT2D eigenvalue weighted by Crippen LogP contribution is -2.49. The minimum atomic E-state index is -0.412. The summed E-state index contributed by atoms with van der Waals surface area (Å²) in [6.45, 7) is 4.70. The Balaban J connectivity index is 1.94. The number of aromatic amines is 1. The third-order valence-electron chi connectivity index (χ3n) is 4.19. The summed E-state index contributed by atoms with van der Waals surface area (Å²) in [6, 6.07) is 1.47. The lowest BCUT2D eigenvalue weighted by molar-refractivity contribution is -0.0586. The van der Waals surface area contributed by atoms with Crippen LogP contribution >= 0.6 is 0 Å². The zero-order valence-electron chi connectivity index (χ0n) is 12.8. The summed E-state index contributed by atoms with van der Waals surface area (Å²) in [5.41, 5.74) is 0.783. The van der Waals surface area contributed by atoms with E-state index in [4.69, 9.17) is 4.74 Å². The summed E-state index contributed by atoms with van der Waals surface area (Å²) >= 11 is 0. The molecule has 2 unspecified atom stereocenters. The maximum absolute atomic E-state index is 12.6. The van der Waals surface area contributed by atoms with Crippen molar-refractivity contribution < 1.29 is 14.3 Å². The molecule has 1 amide bonds. The van der Waals surface area contributed by atoms with Crippen molar-refractivity contribution in [3.63, 3.8) is 0 Å². The Kier molecular flexibility index (Phi) is 3.87. The van der Waals surface area contributed by atoms with E-state index in [9.17, 15) is 14.4 Å². The van der Waals surface area contributed by atoms with Crippen molar-refractivity contribution in [1.29, 1.82) is 0 Å². The SMILES string of the molecule is CC1CN(C(=O)c2cc3c([nH]c2=O)CCCC3=O)CC(C)O1. The van der Waals surface area contributed by atoms with E-state index < -0.39 is 5.56 Å². The fourth-order valence-electron chi connectivity index (χ4n) is 3.25. The molecule has 1 aromatic rings. The van der Waals surface area contributed by atoms with Gasteiger partial charge in [-0.25, -0.2) is 0 Å². The second kappa shape index (κ2) is 5.68. The van der Waals surface area contributed by atoms with Crippen LogP contribution in [0.1, 0.15) is 53.1 Å². The van der Waals surface area contributed by atoms with Crippen molar-refractivity contribution in [1.82, 2.24) is 9.88 Å². The maximum Gasteiger partial charge on any atom is 0.261 e. The molecule has 0 aromatic carbocycles. The lowest BCUT2D eigenvalue weighted by Gasteiger charge is -2.35. The van der Waals surface area contributed by atoms with Crippen LogP contribution in [0, 0.1) is 0 Å². The van der Waals surface area contributed by atoms with Gasteiger partial charge >= 0.3 is 0 Å². The molecule has 0 saturated carbocycles. The molecule has 118 valence electrons. The van der Waals surface area contributed by atoms with Gasteiger partial charge in [-0.3, -0.25) is 14.4 Å². The molecule has 1 saturated heterocycles. The van der Waals surface area contributed by atoms with Crippen molar-refractivity contribution in [2.24, 2.45) is 0 Å². The van der Waals surface area contributed by atoms with Crippen molar-refractivity contribution in [3.05, 3.63) is 33.2 Å². The highest BCUT2D eigenvalue weighted by atomic mass is 16.5. The lowest BCUT2D eigenvalue weighted by atomic mass is 9.93. The van der Waals surface area contributed by atoms with Gasteiger partial charge in [0.25, 0.3) is 11.5 Å². The predicted molar refractivity (Wildman–Crippen MR) is 80.2 cm³/mol. The molecule has 0 spiro atoms.